The van der Waals surface area contributed by atoms with Crippen LogP contribution in [0.15, 0.2) is 107 Å². The van der Waals surface area contributed by atoms with Crippen molar-refractivity contribution in [2.24, 2.45) is 22.7 Å². The van der Waals surface area contributed by atoms with Crippen LogP contribution < -0.4 is 29.1 Å². The number of sulfonamides is 2. The molecule has 448 valence electrons. The van der Waals surface area contributed by atoms with E-state index in [1.165, 1.54) is 54.8 Å². The van der Waals surface area contributed by atoms with Crippen LogP contribution in [0.25, 0.3) is 11.6 Å². The third-order valence-corrected chi connectivity index (χ3v) is 18.6. The van der Waals surface area contributed by atoms with E-state index in [4.69, 9.17) is 26.1 Å². The van der Waals surface area contributed by atoms with Crippen LogP contribution >= 0.6 is 51.0 Å². The van der Waals surface area contributed by atoms with Crippen molar-refractivity contribution in [1.82, 2.24) is 44.3 Å². The lowest BCUT2D eigenvalue weighted by Crippen LogP contribution is -2.41. The predicted molar refractivity (Wildman–Crippen MR) is 333 cm³/mol. The van der Waals surface area contributed by atoms with Crippen LogP contribution in [0.4, 0.5) is 5.82 Å². The number of ether oxygens (including phenoxy) is 2. The molecule has 4 aromatic heterocycles. The molecule has 82 heavy (non-hydrogen) atoms. The minimum atomic E-state index is -4.07. The summed E-state index contributed by atoms with van der Waals surface area (Å²) >= 11 is 6.20. The summed E-state index contributed by atoms with van der Waals surface area (Å²) in [5.41, 5.74) is 1.78. The van der Waals surface area contributed by atoms with Gasteiger partial charge in [-0.1, -0.05) is 88.5 Å². The Morgan fingerprint density at radius 3 is 1.48 bits per heavy atom. The van der Waals surface area contributed by atoms with Crippen molar-refractivity contribution in [2.75, 3.05) is 31.2 Å². The second-order valence-corrected chi connectivity index (χ2v) is 27.5. The number of benzene rings is 2. The number of halogens is 2. The van der Waals surface area contributed by atoms with Crippen LogP contribution in [0.1, 0.15) is 139 Å². The number of carbonyl (C=O) groups excluding carboxylic acids is 2. The molecule has 2 aromatic carbocycles. The Morgan fingerprint density at radius 1 is 0.646 bits per heavy atom. The summed E-state index contributed by atoms with van der Waals surface area (Å²) in [6.07, 6.45) is 12.8. The fourth-order valence-corrected chi connectivity index (χ4v) is 13.3. The Hall–Kier alpha value is -5.36. The van der Waals surface area contributed by atoms with Crippen molar-refractivity contribution in [3.8, 4) is 23.4 Å². The van der Waals surface area contributed by atoms with E-state index >= 15 is 0 Å². The molecular weight excluding hydrogens is 1160 g/mol. The van der Waals surface area contributed by atoms with Gasteiger partial charge in [0, 0.05) is 53.0 Å². The Morgan fingerprint density at radius 2 is 1.10 bits per heavy atom. The van der Waals surface area contributed by atoms with Gasteiger partial charge in [-0.2, -0.15) is 27.0 Å². The summed E-state index contributed by atoms with van der Waals surface area (Å²) in [5.74, 6) is 1.99. The third kappa shape index (κ3) is 16.5. The highest BCUT2D eigenvalue weighted by molar-refractivity contribution is 7.90. The maximum absolute atomic E-state index is 13.5. The number of aromatic nitrogens is 6. The lowest BCUT2D eigenvalue weighted by atomic mass is 9.71. The molecule has 0 bridgehead atoms. The van der Waals surface area contributed by atoms with Gasteiger partial charge in [0.25, 0.3) is 31.9 Å². The minimum Gasteiger partial charge on any atom is -0.476 e. The van der Waals surface area contributed by atoms with E-state index < -0.39 is 31.9 Å². The number of hydrogen-bond acceptors (Lipinski definition) is 14. The molecule has 6 aromatic rings. The average molecular weight is 1240 g/mol. The van der Waals surface area contributed by atoms with Crippen molar-refractivity contribution in [3.63, 3.8) is 0 Å². The van der Waals surface area contributed by atoms with E-state index in [9.17, 15) is 26.4 Å². The number of aryl methyl sites for hydroxylation is 2. The summed E-state index contributed by atoms with van der Waals surface area (Å²) in [5, 5.41) is 12.2. The summed E-state index contributed by atoms with van der Waals surface area (Å²) in [4.78, 5) is 37.3. The SMILES string of the molecule is C[C@@H]1CNC(C)(C)C1.Cc1ccccc1S(=O)(=O)NC(=O)c1ccc(-n2ccc(OCC3(C)CCC3)n2)nc1Cl.Cc1ccccc1S(=O)(=O)NC(=O)c1ccc(-n2ccc(OCC3(C)CCC3)n2)nc1N1C[C@@H](C)CC1(C)C.Cl.S.S. The van der Waals surface area contributed by atoms with Crippen molar-refractivity contribution in [3.05, 3.63) is 125 Å². The van der Waals surface area contributed by atoms with Gasteiger partial charge in [-0.25, -0.2) is 45.6 Å². The molecule has 0 unspecified atom stereocenters. The van der Waals surface area contributed by atoms with Crippen molar-refractivity contribution < 1.29 is 35.9 Å². The standard InChI is InChI=1S/C29H37N5O4S.C22H23ClN4O4S.C7H15N.ClH.2H2S/c1-20-17-28(3,4)33(18-20)26-22(27(35)32-39(36,37)23-10-7-6-9-21(23)2)11-12-24(30-26)34-16-13-25(31-34)38-19-29(5)14-8-15-29;1-15-6-3-4-7-17(15)32(29,30)26-21(28)16-8-9-18(24-20(16)23)27-13-10-19(25-27)31-14-22(2)11-5-12-22;1-6-4-7(2,3)8-5-6;;;/h6-7,9-13,16,20H,8,14-15,17-19H2,1-5H3,(H,32,35);3-4,6-10,13H,5,11-12,14H2,1-2H3,(H,26,28);6,8H,4-5H2,1-3H3;1H;2*1H2/t20-;;6-;;;/m0.0.../s1. The summed E-state index contributed by atoms with van der Waals surface area (Å²) in [6, 6.07) is 22.7. The monoisotopic (exact) mass is 1240 g/mol. The highest BCUT2D eigenvalue weighted by atomic mass is 35.5. The normalized spacial score (nSPS) is 18.8. The zero-order chi connectivity index (χ0) is 57.1. The zero-order valence-corrected chi connectivity index (χ0v) is 53.6. The van der Waals surface area contributed by atoms with Gasteiger partial charge >= 0.3 is 0 Å². The quantitative estimate of drug-likeness (QED) is 0.0814. The van der Waals surface area contributed by atoms with Gasteiger partial charge in [-0.05, 0) is 146 Å². The molecule has 24 heteroatoms. The largest absolute Gasteiger partial charge is 0.476 e. The molecular formula is C58H80Cl2N10O8S4. The smallest absolute Gasteiger partial charge is 0.268 e. The van der Waals surface area contributed by atoms with Gasteiger partial charge < -0.3 is 19.7 Å². The number of carbonyl (C=O) groups is 2. The first-order valence-corrected chi connectivity index (χ1v) is 30.3. The zero-order valence-electron chi connectivity index (χ0n) is 48.4. The molecule has 2 aliphatic heterocycles. The van der Waals surface area contributed by atoms with E-state index in [-0.39, 0.29) is 81.8 Å². The lowest BCUT2D eigenvalue weighted by Gasteiger charge is -2.37. The summed E-state index contributed by atoms with van der Waals surface area (Å²) < 4.78 is 70.5. The summed E-state index contributed by atoms with van der Waals surface area (Å²) in [7, 11) is -8.12. The van der Waals surface area contributed by atoms with Crippen LogP contribution in [0.2, 0.25) is 5.15 Å². The Kier molecular flexibility index (Phi) is 22.3. The topological polar surface area (TPSA) is 222 Å². The molecule has 2 amide bonds. The molecule has 18 nitrogen and oxygen atoms in total. The number of pyridine rings is 2. The number of rotatable bonds is 15. The maximum Gasteiger partial charge on any atom is 0.268 e. The molecule has 4 aliphatic rings. The van der Waals surface area contributed by atoms with Crippen molar-refractivity contribution >= 4 is 88.7 Å². The van der Waals surface area contributed by atoms with Crippen LogP contribution in [0, 0.1) is 36.5 Å². The fourth-order valence-electron chi connectivity index (χ4n) is 10.6. The number of nitrogens with zero attached hydrogens (tertiary/aromatic N) is 7. The van der Waals surface area contributed by atoms with E-state index in [2.05, 4.69) is 85.5 Å². The van der Waals surface area contributed by atoms with E-state index in [1.807, 2.05) is 4.72 Å². The van der Waals surface area contributed by atoms with Gasteiger partial charge in [-0.15, -0.1) is 22.6 Å². The molecule has 2 aliphatic carbocycles. The molecule has 2 saturated heterocycles. The van der Waals surface area contributed by atoms with Crippen molar-refractivity contribution in [1.29, 1.82) is 0 Å². The van der Waals surface area contributed by atoms with E-state index in [0.29, 0.717) is 71.6 Å². The lowest BCUT2D eigenvalue weighted by molar-refractivity contribution is 0.0747. The molecule has 0 spiro atoms. The Labute approximate surface area is 509 Å². The van der Waals surface area contributed by atoms with Gasteiger partial charge in [0.15, 0.2) is 11.6 Å². The van der Waals surface area contributed by atoms with Crippen LogP contribution in [0.3, 0.4) is 0 Å². The average Bonchev–Trinajstić information content (AvgIpc) is 4.36. The van der Waals surface area contributed by atoms with Crippen molar-refractivity contribution in [2.45, 2.75) is 141 Å². The van der Waals surface area contributed by atoms with Gasteiger partial charge in [0.2, 0.25) is 11.8 Å². The van der Waals surface area contributed by atoms with Gasteiger partial charge in [0.1, 0.15) is 11.0 Å². The minimum absolute atomic E-state index is 0. The first kappa shape index (κ1) is 67.4. The van der Waals surface area contributed by atoms with E-state index in [0.717, 1.165) is 38.0 Å². The second kappa shape index (κ2) is 27.1. The molecule has 0 radical (unpaired) electrons. The second-order valence-electron chi connectivity index (χ2n) is 23.9. The first-order valence-electron chi connectivity index (χ1n) is 27.0. The first-order chi connectivity index (χ1) is 37.1. The molecule has 4 fully saturated rings. The number of anilines is 1. The van der Waals surface area contributed by atoms with E-state index in [1.54, 1.807) is 91.6 Å². The fraction of sp³-hybridized carbons (Fsp3) is 0.483. The maximum atomic E-state index is 13.5. The predicted octanol–water partition coefficient (Wildman–Crippen LogP) is 10.8. The van der Waals surface area contributed by atoms with Gasteiger partial charge in [0.05, 0.1) is 34.1 Å². The van der Waals surface area contributed by atoms with Crippen LogP contribution in [-0.4, -0.2) is 95.6 Å². The molecule has 2 saturated carbocycles. The molecule has 2 atom stereocenters. The molecule has 10 rings (SSSR count). The molecule has 6 heterocycles. The molecule has 3 N–H and O–H groups in total. The summed E-state index contributed by atoms with van der Waals surface area (Å²) in [6.45, 7) is 24.1. The Bertz CT molecular complexity index is 3420. The number of nitrogens with one attached hydrogen (secondary N) is 3. The third-order valence-electron chi connectivity index (χ3n) is 15.4. The van der Waals surface area contributed by atoms with Crippen LogP contribution in [-0.2, 0) is 20.0 Å². The van der Waals surface area contributed by atoms with Gasteiger partial charge in [-0.3, -0.25) is 9.59 Å². The highest BCUT2D eigenvalue weighted by Crippen LogP contribution is 2.42. The number of amides is 2. The number of hydrogen-bond donors (Lipinski definition) is 3. The Balaban J connectivity index is 0.000000259. The highest BCUT2D eigenvalue weighted by Gasteiger charge is 2.40. The van der Waals surface area contributed by atoms with Crippen LogP contribution in [0.5, 0.6) is 11.8 Å².